The van der Waals surface area contributed by atoms with Crippen LogP contribution in [0.3, 0.4) is 0 Å². The Morgan fingerprint density at radius 3 is 2.52 bits per heavy atom. The minimum absolute atomic E-state index is 0.0102. The fourth-order valence-electron chi connectivity index (χ4n) is 1.73. The zero-order chi connectivity index (χ0) is 15.7. The molecule has 0 spiro atoms. The second-order valence-corrected chi connectivity index (χ2v) is 5.37. The highest BCUT2D eigenvalue weighted by Crippen LogP contribution is 2.05. The van der Waals surface area contributed by atoms with Crippen LogP contribution in [-0.4, -0.2) is 31.1 Å². The lowest BCUT2D eigenvalue weighted by Gasteiger charge is -2.14. The molecule has 0 aliphatic heterocycles. The summed E-state index contributed by atoms with van der Waals surface area (Å²) in [7, 11) is 0. The first-order valence-electron chi connectivity index (χ1n) is 7.33. The molecule has 21 heavy (non-hydrogen) atoms. The third-order valence-corrected chi connectivity index (χ3v) is 3.02. The van der Waals surface area contributed by atoms with Crippen LogP contribution in [0.15, 0.2) is 22.8 Å². The Bertz CT molecular complexity index is 429. The van der Waals surface area contributed by atoms with Crippen LogP contribution in [0.4, 0.5) is 4.79 Å². The zero-order valence-corrected chi connectivity index (χ0v) is 12.9. The van der Waals surface area contributed by atoms with Crippen molar-refractivity contribution in [2.75, 3.05) is 13.1 Å². The predicted octanol–water partition coefficient (Wildman–Crippen LogP) is 1.67. The minimum atomic E-state index is -0.222. The third kappa shape index (κ3) is 7.39. The number of urea groups is 1. The molecule has 118 valence electrons. The summed E-state index contributed by atoms with van der Waals surface area (Å²) in [5.74, 6) is 0.866. The first-order valence-corrected chi connectivity index (χ1v) is 7.33. The Labute approximate surface area is 125 Å². The van der Waals surface area contributed by atoms with Crippen LogP contribution < -0.4 is 16.0 Å². The molecule has 6 heteroatoms. The van der Waals surface area contributed by atoms with Crippen LogP contribution in [0, 0.1) is 5.92 Å². The fraction of sp³-hybridized carbons (Fsp3) is 0.600. The number of carbonyl (C=O) groups excluding carboxylic acids is 2. The summed E-state index contributed by atoms with van der Waals surface area (Å²) < 4.78 is 5.24. The molecule has 0 radical (unpaired) electrons. The van der Waals surface area contributed by atoms with Crippen molar-refractivity contribution in [2.24, 2.45) is 5.92 Å². The summed E-state index contributed by atoms with van der Waals surface area (Å²) in [6.45, 7) is 6.45. The Balaban J connectivity index is 2.08. The number of hydrogen-bond acceptors (Lipinski definition) is 3. The van der Waals surface area contributed by atoms with Gasteiger partial charge >= 0.3 is 6.03 Å². The first kappa shape index (κ1) is 17.1. The highest BCUT2D eigenvalue weighted by atomic mass is 16.3. The van der Waals surface area contributed by atoms with Gasteiger partial charge in [0.1, 0.15) is 5.76 Å². The maximum atomic E-state index is 11.6. The van der Waals surface area contributed by atoms with E-state index in [0.29, 0.717) is 13.1 Å². The van der Waals surface area contributed by atoms with Crippen LogP contribution in [0.1, 0.15) is 33.0 Å². The van der Waals surface area contributed by atoms with Gasteiger partial charge < -0.3 is 20.4 Å². The van der Waals surface area contributed by atoms with E-state index in [1.165, 1.54) is 0 Å². The third-order valence-electron chi connectivity index (χ3n) is 3.02. The Morgan fingerprint density at radius 1 is 1.19 bits per heavy atom. The van der Waals surface area contributed by atoms with Crippen molar-refractivity contribution in [3.05, 3.63) is 24.2 Å². The van der Waals surface area contributed by atoms with E-state index in [1.54, 1.807) is 6.26 Å². The molecule has 0 aromatic carbocycles. The maximum absolute atomic E-state index is 11.6. The summed E-state index contributed by atoms with van der Waals surface area (Å²) >= 11 is 0. The van der Waals surface area contributed by atoms with Crippen LogP contribution in [0.25, 0.3) is 0 Å². The molecule has 0 saturated heterocycles. The van der Waals surface area contributed by atoms with E-state index >= 15 is 0 Å². The molecular formula is C15H25N3O3. The molecule has 0 fully saturated rings. The van der Waals surface area contributed by atoms with Crippen molar-refractivity contribution in [3.63, 3.8) is 0 Å². The Hall–Kier alpha value is -1.98. The van der Waals surface area contributed by atoms with Crippen molar-refractivity contribution in [3.8, 4) is 0 Å². The van der Waals surface area contributed by atoms with E-state index in [2.05, 4.69) is 16.0 Å². The summed E-state index contributed by atoms with van der Waals surface area (Å²) in [5, 5.41) is 8.30. The average molecular weight is 295 g/mol. The lowest BCUT2D eigenvalue weighted by Crippen LogP contribution is -2.44. The molecule has 1 aromatic heterocycles. The minimum Gasteiger partial charge on any atom is -0.469 e. The lowest BCUT2D eigenvalue weighted by atomic mass is 10.1. The van der Waals surface area contributed by atoms with Crippen LogP contribution in [0.2, 0.25) is 0 Å². The van der Waals surface area contributed by atoms with Gasteiger partial charge in [-0.1, -0.05) is 13.8 Å². The number of aryl methyl sites for hydroxylation is 1. The monoisotopic (exact) mass is 295 g/mol. The second kappa shape index (κ2) is 9.05. The van der Waals surface area contributed by atoms with Gasteiger partial charge in [-0.15, -0.1) is 0 Å². The zero-order valence-electron chi connectivity index (χ0n) is 12.9. The van der Waals surface area contributed by atoms with E-state index in [9.17, 15) is 9.59 Å². The molecule has 1 atom stereocenters. The largest absolute Gasteiger partial charge is 0.469 e. The van der Waals surface area contributed by atoms with Crippen molar-refractivity contribution in [1.29, 1.82) is 0 Å². The summed E-state index contributed by atoms with van der Waals surface area (Å²) in [4.78, 5) is 22.9. The average Bonchev–Trinajstić information content (AvgIpc) is 2.94. The topological polar surface area (TPSA) is 83.4 Å². The molecule has 1 heterocycles. The molecule has 0 unspecified atom stereocenters. The number of furan rings is 1. The fourth-order valence-corrected chi connectivity index (χ4v) is 1.73. The molecule has 0 aliphatic carbocycles. The molecule has 3 N–H and O–H groups in total. The van der Waals surface area contributed by atoms with Crippen molar-refractivity contribution < 1.29 is 14.0 Å². The van der Waals surface area contributed by atoms with E-state index < -0.39 is 0 Å². The quantitative estimate of drug-likeness (QED) is 0.638. The Kier molecular flexibility index (Phi) is 7.36. The van der Waals surface area contributed by atoms with Crippen molar-refractivity contribution >= 4 is 11.9 Å². The van der Waals surface area contributed by atoms with Gasteiger partial charge in [0.15, 0.2) is 0 Å². The van der Waals surface area contributed by atoms with Gasteiger partial charge in [0.25, 0.3) is 0 Å². The van der Waals surface area contributed by atoms with E-state index in [1.807, 2.05) is 32.9 Å². The van der Waals surface area contributed by atoms with Crippen molar-refractivity contribution in [2.45, 2.75) is 39.7 Å². The van der Waals surface area contributed by atoms with E-state index in [-0.39, 0.29) is 23.9 Å². The SMILES string of the molecule is CC(C)C(=O)NCCNC(=O)N[C@H](C)CCc1ccco1. The summed E-state index contributed by atoms with van der Waals surface area (Å²) in [6.07, 6.45) is 3.25. The second-order valence-electron chi connectivity index (χ2n) is 5.37. The number of carbonyl (C=O) groups is 2. The maximum Gasteiger partial charge on any atom is 0.315 e. The van der Waals surface area contributed by atoms with Gasteiger partial charge in [0, 0.05) is 31.5 Å². The van der Waals surface area contributed by atoms with Gasteiger partial charge in [0.2, 0.25) is 5.91 Å². The van der Waals surface area contributed by atoms with Gasteiger partial charge in [-0.25, -0.2) is 4.79 Å². The van der Waals surface area contributed by atoms with Crippen molar-refractivity contribution in [1.82, 2.24) is 16.0 Å². The standard InChI is InChI=1S/C15H25N3O3/c1-11(2)14(19)16-8-9-17-15(20)18-12(3)6-7-13-5-4-10-21-13/h4-5,10-12H,6-9H2,1-3H3,(H,16,19)(H2,17,18,20)/t12-/m1/s1. The molecule has 1 aromatic rings. The molecule has 0 aliphatic rings. The van der Waals surface area contributed by atoms with Crippen LogP contribution in [-0.2, 0) is 11.2 Å². The summed E-state index contributed by atoms with van der Waals surface area (Å²) in [5.41, 5.74) is 0. The van der Waals surface area contributed by atoms with Crippen LogP contribution >= 0.6 is 0 Å². The number of amides is 3. The lowest BCUT2D eigenvalue weighted by molar-refractivity contribution is -0.123. The molecule has 0 bridgehead atoms. The molecular weight excluding hydrogens is 270 g/mol. The molecule has 6 nitrogen and oxygen atoms in total. The molecule has 3 amide bonds. The molecule has 1 rings (SSSR count). The number of rotatable bonds is 8. The first-order chi connectivity index (χ1) is 9.99. The van der Waals surface area contributed by atoms with Crippen LogP contribution in [0.5, 0.6) is 0 Å². The van der Waals surface area contributed by atoms with Gasteiger partial charge in [-0.2, -0.15) is 0 Å². The number of hydrogen-bond donors (Lipinski definition) is 3. The Morgan fingerprint density at radius 2 is 1.90 bits per heavy atom. The molecule has 0 saturated carbocycles. The van der Waals surface area contributed by atoms with Gasteiger partial charge in [0.05, 0.1) is 6.26 Å². The van der Waals surface area contributed by atoms with Gasteiger partial charge in [-0.05, 0) is 25.5 Å². The van der Waals surface area contributed by atoms with E-state index in [0.717, 1.165) is 18.6 Å². The highest BCUT2D eigenvalue weighted by Gasteiger charge is 2.08. The predicted molar refractivity (Wildman–Crippen MR) is 80.9 cm³/mol. The van der Waals surface area contributed by atoms with E-state index in [4.69, 9.17) is 4.42 Å². The summed E-state index contributed by atoms with van der Waals surface area (Å²) in [6, 6.07) is 3.61. The smallest absolute Gasteiger partial charge is 0.315 e. The number of nitrogens with one attached hydrogen (secondary N) is 3. The highest BCUT2D eigenvalue weighted by molar-refractivity contribution is 5.78. The van der Waals surface area contributed by atoms with Gasteiger partial charge in [-0.3, -0.25) is 4.79 Å². The normalized spacial score (nSPS) is 12.0.